The van der Waals surface area contributed by atoms with Gasteiger partial charge in [-0.3, -0.25) is 4.79 Å². The van der Waals surface area contributed by atoms with E-state index >= 15 is 0 Å². The molecule has 4 aromatic rings. The van der Waals surface area contributed by atoms with Crippen LogP contribution in [-0.4, -0.2) is 37.3 Å². The molecular formula is C26H26N4O3S2. The van der Waals surface area contributed by atoms with Crippen molar-refractivity contribution >= 4 is 44.7 Å². The van der Waals surface area contributed by atoms with E-state index < -0.39 is 10.0 Å². The molecule has 4 rings (SSSR count). The predicted octanol–water partition coefficient (Wildman–Crippen LogP) is 4.75. The number of thiophene rings is 1. The summed E-state index contributed by atoms with van der Waals surface area (Å²) in [5.41, 5.74) is 9.56. The van der Waals surface area contributed by atoms with E-state index in [0.29, 0.717) is 16.9 Å². The van der Waals surface area contributed by atoms with Gasteiger partial charge in [-0.1, -0.05) is 36.4 Å². The van der Waals surface area contributed by atoms with Gasteiger partial charge in [0, 0.05) is 29.9 Å². The number of nitrogens with two attached hydrogens (primary N) is 1. The fourth-order valence-corrected chi connectivity index (χ4v) is 6.08. The van der Waals surface area contributed by atoms with Crippen molar-refractivity contribution in [1.29, 1.82) is 0 Å². The Morgan fingerprint density at radius 3 is 2.51 bits per heavy atom. The maximum absolute atomic E-state index is 13.1. The second kappa shape index (κ2) is 10.3. The molecule has 0 saturated heterocycles. The van der Waals surface area contributed by atoms with Crippen molar-refractivity contribution in [3.05, 3.63) is 96.3 Å². The van der Waals surface area contributed by atoms with Crippen LogP contribution < -0.4 is 11.1 Å². The second-order valence-electron chi connectivity index (χ2n) is 8.24. The third kappa shape index (κ3) is 5.89. The van der Waals surface area contributed by atoms with Crippen LogP contribution in [0.15, 0.2) is 89.4 Å². The number of hydrogen-bond acceptors (Lipinski definition) is 6. The van der Waals surface area contributed by atoms with Gasteiger partial charge in [0.25, 0.3) is 10.0 Å². The Labute approximate surface area is 209 Å². The number of rotatable bonds is 8. The van der Waals surface area contributed by atoms with E-state index in [0.717, 1.165) is 21.0 Å². The number of para-hydroxylation sites is 2. The van der Waals surface area contributed by atoms with Crippen molar-refractivity contribution in [2.24, 2.45) is 0 Å². The third-order valence-corrected chi connectivity index (χ3v) is 8.42. The first-order valence-corrected chi connectivity index (χ1v) is 13.1. The Balaban J connectivity index is 1.46. The van der Waals surface area contributed by atoms with E-state index in [9.17, 15) is 13.2 Å². The van der Waals surface area contributed by atoms with Gasteiger partial charge >= 0.3 is 0 Å². The van der Waals surface area contributed by atoms with Gasteiger partial charge in [-0.2, -0.15) is 8.42 Å². The molecule has 0 saturated carbocycles. The van der Waals surface area contributed by atoms with Crippen LogP contribution in [-0.2, 0) is 21.4 Å². The zero-order valence-electron chi connectivity index (χ0n) is 19.4. The molecule has 9 heteroatoms. The summed E-state index contributed by atoms with van der Waals surface area (Å²) in [6.45, 7) is 0.844. The number of hydrogen-bond donors (Lipinski definition) is 2. The number of nitrogen functional groups attached to an aromatic ring is 1. The molecule has 0 atom stereocenters. The van der Waals surface area contributed by atoms with Crippen LogP contribution in [0.1, 0.15) is 11.1 Å². The second-order valence-corrected chi connectivity index (χ2v) is 11.4. The van der Waals surface area contributed by atoms with E-state index in [-0.39, 0.29) is 10.1 Å². The van der Waals surface area contributed by atoms with Crippen molar-refractivity contribution in [1.82, 2.24) is 8.87 Å². The number of aromatic nitrogens is 1. The summed E-state index contributed by atoms with van der Waals surface area (Å²) in [6.07, 6.45) is 5.83. The fourth-order valence-electron chi connectivity index (χ4n) is 3.46. The topological polar surface area (TPSA) is 97.4 Å². The summed E-state index contributed by atoms with van der Waals surface area (Å²) in [7, 11) is 0.288. The van der Waals surface area contributed by atoms with E-state index in [4.69, 9.17) is 5.73 Å². The molecule has 0 aliphatic carbocycles. The van der Waals surface area contributed by atoms with Gasteiger partial charge in [0.2, 0.25) is 5.91 Å². The largest absolute Gasteiger partial charge is 0.397 e. The van der Waals surface area contributed by atoms with Crippen LogP contribution in [0.25, 0.3) is 16.5 Å². The van der Waals surface area contributed by atoms with Crippen LogP contribution in [0.2, 0.25) is 0 Å². The van der Waals surface area contributed by atoms with Crippen LogP contribution in [0, 0.1) is 0 Å². The zero-order valence-corrected chi connectivity index (χ0v) is 21.0. The molecule has 2 heterocycles. The zero-order chi connectivity index (χ0) is 25.0. The summed E-state index contributed by atoms with van der Waals surface area (Å²) in [6, 6.07) is 20.2. The number of nitrogens with zero attached hydrogens (tertiary/aromatic N) is 2. The SMILES string of the molecule is CN(C)Cc1ccc(-c2ccc(S(=O)(=O)n3ccc(/C=C/C(=O)Nc4ccccc4N)c3)s2)cc1. The van der Waals surface area contributed by atoms with E-state index in [2.05, 4.69) is 22.3 Å². The average Bonchev–Trinajstić information content (AvgIpc) is 3.50. The first-order valence-electron chi connectivity index (χ1n) is 10.8. The molecule has 0 radical (unpaired) electrons. The minimum absolute atomic E-state index is 0.244. The maximum atomic E-state index is 13.1. The van der Waals surface area contributed by atoms with Gasteiger partial charge in [-0.15, -0.1) is 11.3 Å². The molecule has 2 aromatic heterocycles. The molecule has 0 aliphatic heterocycles. The van der Waals surface area contributed by atoms with E-state index in [1.54, 1.807) is 42.5 Å². The van der Waals surface area contributed by atoms with E-state index in [1.807, 2.05) is 32.3 Å². The highest BCUT2D eigenvalue weighted by Gasteiger charge is 2.19. The minimum Gasteiger partial charge on any atom is -0.397 e. The first-order chi connectivity index (χ1) is 16.7. The van der Waals surface area contributed by atoms with Crippen molar-refractivity contribution in [3.63, 3.8) is 0 Å². The third-order valence-electron chi connectivity index (χ3n) is 5.19. The first kappa shape index (κ1) is 24.5. The molecule has 7 nitrogen and oxygen atoms in total. The molecule has 1 amide bonds. The number of benzene rings is 2. The quantitative estimate of drug-likeness (QED) is 0.266. The molecule has 0 fully saturated rings. The Morgan fingerprint density at radius 2 is 1.80 bits per heavy atom. The monoisotopic (exact) mass is 506 g/mol. The molecule has 0 spiro atoms. The molecule has 0 unspecified atom stereocenters. The van der Waals surface area contributed by atoms with Gasteiger partial charge < -0.3 is 16.0 Å². The van der Waals surface area contributed by atoms with Gasteiger partial charge in [0.1, 0.15) is 4.21 Å². The molecule has 2 aromatic carbocycles. The molecule has 3 N–H and O–H groups in total. The Bertz CT molecular complexity index is 1470. The summed E-state index contributed by atoms with van der Waals surface area (Å²) < 4.78 is 27.7. The molecular weight excluding hydrogens is 480 g/mol. The van der Waals surface area contributed by atoms with Crippen molar-refractivity contribution in [3.8, 4) is 10.4 Å². The van der Waals surface area contributed by atoms with Gasteiger partial charge in [0.05, 0.1) is 11.4 Å². The lowest BCUT2D eigenvalue weighted by molar-refractivity contribution is -0.111. The summed E-state index contributed by atoms with van der Waals surface area (Å²) in [4.78, 5) is 15.2. The Hall–Kier alpha value is -3.66. The number of carbonyl (C=O) groups is 1. The number of amides is 1. The van der Waals surface area contributed by atoms with Gasteiger partial charge in [-0.25, -0.2) is 3.97 Å². The van der Waals surface area contributed by atoms with Crippen LogP contribution in [0.3, 0.4) is 0 Å². The maximum Gasteiger partial charge on any atom is 0.277 e. The van der Waals surface area contributed by atoms with Crippen molar-refractivity contribution < 1.29 is 13.2 Å². The van der Waals surface area contributed by atoms with Crippen LogP contribution in [0.5, 0.6) is 0 Å². The Kier molecular flexibility index (Phi) is 7.20. The summed E-state index contributed by atoms with van der Waals surface area (Å²) >= 11 is 1.22. The average molecular weight is 507 g/mol. The number of anilines is 2. The highest BCUT2D eigenvalue weighted by molar-refractivity contribution is 7.92. The molecule has 35 heavy (non-hydrogen) atoms. The summed E-state index contributed by atoms with van der Waals surface area (Å²) in [5.74, 6) is -0.363. The lowest BCUT2D eigenvalue weighted by atomic mass is 10.1. The minimum atomic E-state index is -3.74. The predicted molar refractivity (Wildman–Crippen MR) is 143 cm³/mol. The summed E-state index contributed by atoms with van der Waals surface area (Å²) in [5, 5.41) is 2.70. The highest BCUT2D eigenvalue weighted by atomic mass is 32.2. The Morgan fingerprint density at radius 1 is 1.06 bits per heavy atom. The normalized spacial score (nSPS) is 11.9. The number of carbonyl (C=O) groups excluding carboxylic acids is 1. The van der Waals surface area contributed by atoms with E-state index in [1.165, 1.54) is 35.4 Å². The smallest absolute Gasteiger partial charge is 0.277 e. The highest BCUT2D eigenvalue weighted by Crippen LogP contribution is 2.32. The van der Waals surface area contributed by atoms with Crippen molar-refractivity contribution in [2.75, 3.05) is 25.1 Å². The molecule has 0 bridgehead atoms. The molecule has 180 valence electrons. The lowest BCUT2D eigenvalue weighted by Gasteiger charge is -2.09. The van der Waals surface area contributed by atoms with Crippen LogP contribution >= 0.6 is 11.3 Å². The van der Waals surface area contributed by atoms with Gasteiger partial charge in [0.15, 0.2) is 0 Å². The molecule has 0 aliphatic rings. The van der Waals surface area contributed by atoms with Crippen LogP contribution in [0.4, 0.5) is 11.4 Å². The lowest BCUT2D eigenvalue weighted by Crippen LogP contribution is -2.10. The van der Waals surface area contributed by atoms with Crippen molar-refractivity contribution in [2.45, 2.75) is 10.8 Å². The standard InChI is InChI=1S/C26H26N4O3S2/c1-29(2)17-19-7-10-21(11-8-19)24-12-14-26(34-24)35(32,33)30-16-15-20(18-30)9-13-25(31)28-23-6-4-3-5-22(23)27/h3-16,18H,17,27H2,1-2H3,(H,28,31)/b13-9+. The number of nitrogens with one attached hydrogen (secondary N) is 1. The fraction of sp³-hybridized carbons (Fsp3) is 0.115. The van der Waals surface area contributed by atoms with Gasteiger partial charge in [-0.05, 0) is 67.2 Å².